The average Bonchev–Trinajstić information content (AvgIpc) is 2.19. The highest BCUT2D eigenvalue weighted by Gasteiger charge is 2.02. The maximum absolute atomic E-state index is 5.13. The smallest absolute Gasteiger partial charge is 0.168 e. The lowest BCUT2D eigenvalue weighted by molar-refractivity contribution is 0.378. The zero-order valence-electron chi connectivity index (χ0n) is 7.62. The molecule has 0 aliphatic heterocycles. The largest absolute Gasteiger partial charge is 0.493 e. The van der Waals surface area contributed by atoms with E-state index in [9.17, 15) is 0 Å². The molecule has 0 aliphatic rings. The number of rotatable bonds is 4. The highest BCUT2D eigenvalue weighted by Crippen LogP contribution is 2.28. The maximum Gasteiger partial charge on any atom is 0.168 e. The highest BCUT2D eigenvalue weighted by atomic mass is 16.5. The molecule has 0 atom stereocenters. The van der Waals surface area contributed by atoms with Gasteiger partial charge >= 0.3 is 0 Å². The normalized spacial score (nSPS) is 9.00. The lowest BCUT2D eigenvalue weighted by atomic mass is 10.2. The van der Waals surface area contributed by atoms with Crippen molar-refractivity contribution in [2.24, 2.45) is 0 Å². The van der Waals surface area contributed by atoms with Crippen LogP contribution in [-0.2, 0) is 0 Å². The Labute approximate surface area is 78.1 Å². The van der Waals surface area contributed by atoms with E-state index in [1.54, 1.807) is 13.2 Å². The number of ether oxygens (including phenoxy) is 2. The van der Waals surface area contributed by atoms with E-state index < -0.39 is 0 Å². The maximum atomic E-state index is 5.13. The zero-order valence-corrected chi connectivity index (χ0v) is 7.62. The molecular formula is C11H12O2. The van der Waals surface area contributed by atoms with Crippen LogP contribution in [0.2, 0.25) is 0 Å². The molecule has 0 radical (unpaired) electrons. The highest BCUT2D eigenvalue weighted by molar-refractivity contribution is 5.54. The second kappa shape index (κ2) is 4.36. The van der Waals surface area contributed by atoms with Gasteiger partial charge in [0.05, 0.1) is 13.4 Å². The Balaban J connectivity index is 3.06. The Bertz CT molecular complexity index is 316. The van der Waals surface area contributed by atoms with Crippen LogP contribution in [0.25, 0.3) is 6.08 Å². The topological polar surface area (TPSA) is 18.5 Å². The van der Waals surface area contributed by atoms with E-state index in [1.165, 1.54) is 6.26 Å². The van der Waals surface area contributed by atoms with Crippen LogP contribution >= 0.6 is 0 Å². The quantitative estimate of drug-likeness (QED) is 0.657. The monoisotopic (exact) mass is 176 g/mol. The van der Waals surface area contributed by atoms with Crippen molar-refractivity contribution in [2.75, 3.05) is 7.11 Å². The molecule has 1 rings (SSSR count). The molecule has 0 unspecified atom stereocenters. The molecule has 0 saturated carbocycles. The minimum Gasteiger partial charge on any atom is -0.493 e. The Hall–Kier alpha value is -1.70. The number of hydrogen-bond donors (Lipinski definition) is 0. The molecule has 13 heavy (non-hydrogen) atoms. The number of methoxy groups -OCH3 is 1. The van der Waals surface area contributed by atoms with Crippen LogP contribution in [-0.4, -0.2) is 7.11 Å². The first-order chi connectivity index (χ1) is 6.31. The van der Waals surface area contributed by atoms with Crippen molar-refractivity contribution in [2.45, 2.75) is 0 Å². The predicted molar refractivity (Wildman–Crippen MR) is 53.9 cm³/mol. The van der Waals surface area contributed by atoms with Crippen molar-refractivity contribution < 1.29 is 9.47 Å². The summed E-state index contributed by atoms with van der Waals surface area (Å²) in [4.78, 5) is 0. The van der Waals surface area contributed by atoms with Crippen molar-refractivity contribution in [3.8, 4) is 11.5 Å². The second-order valence-corrected chi connectivity index (χ2v) is 2.40. The van der Waals surface area contributed by atoms with E-state index in [1.807, 2.05) is 18.2 Å². The third-order valence-electron chi connectivity index (χ3n) is 1.63. The first-order valence-electron chi connectivity index (χ1n) is 3.90. The fourth-order valence-electron chi connectivity index (χ4n) is 0.998. The van der Waals surface area contributed by atoms with Crippen molar-refractivity contribution in [1.29, 1.82) is 0 Å². The standard InChI is InChI=1S/C11H12O2/c1-4-9-6-7-10(13-5-2)11(8-9)12-3/h4-8H,1-2H2,3H3. The van der Waals surface area contributed by atoms with E-state index in [-0.39, 0.29) is 0 Å². The molecule has 0 aromatic heterocycles. The van der Waals surface area contributed by atoms with Crippen LogP contribution in [0.15, 0.2) is 37.6 Å². The van der Waals surface area contributed by atoms with Gasteiger partial charge in [0.2, 0.25) is 0 Å². The summed E-state index contributed by atoms with van der Waals surface area (Å²) in [7, 11) is 1.60. The molecule has 1 aromatic rings. The Morgan fingerprint density at radius 2 is 2.00 bits per heavy atom. The summed E-state index contributed by atoms with van der Waals surface area (Å²) >= 11 is 0. The van der Waals surface area contributed by atoms with Crippen LogP contribution in [0.1, 0.15) is 5.56 Å². The van der Waals surface area contributed by atoms with E-state index in [0.29, 0.717) is 11.5 Å². The van der Waals surface area contributed by atoms with Gasteiger partial charge in [-0.1, -0.05) is 25.3 Å². The van der Waals surface area contributed by atoms with E-state index >= 15 is 0 Å². The Morgan fingerprint density at radius 1 is 1.23 bits per heavy atom. The lowest BCUT2D eigenvalue weighted by Crippen LogP contribution is -1.89. The van der Waals surface area contributed by atoms with Gasteiger partial charge in [-0.3, -0.25) is 0 Å². The van der Waals surface area contributed by atoms with E-state index in [0.717, 1.165) is 5.56 Å². The summed E-state index contributed by atoms with van der Waals surface area (Å²) < 4.78 is 10.3. The third-order valence-corrected chi connectivity index (χ3v) is 1.63. The van der Waals surface area contributed by atoms with Gasteiger partial charge in [0, 0.05) is 0 Å². The van der Waals surface area contributed by atoms with Crippen LogP contribution < -0.4 is 9.47 Å². The molecule has 0 aliphatic carbocycles. The second-order valence-electron chi connectivity index (χ2n) is 2.40. The summed E-state index contributed by atoms with van der Waals surface area (Å²) in [5.74, 6) is 1.33. The molecule has 0 saturated heterocycles. The fraction of sp³-hybridized carbons (Fsp3) is 0.0909. The van der Waals surface area contributed by atoms with Crippen molar-refractivity contribution in [1.82, 2.24) is 0 Å². The third kappa shape index (κ3) is 2.12. The van der Waals surface area contributed by atoms with Crippen molar-refractivity contribution in [3.63, 3.8) is 0 Å². The van der Waals surface area contributed by atoms with Gasteiger partial charge in [0.25, 0.3) is 0 Å². The molecule has 0 bridgehead atoms. The molecule has 0 spiro atoms. The van der Waals surface area contributed by atoms with Crippen LogP contribution in [0.3, 0.4) is 0 Å². The minimum atomic E-state index is 0.656. The number of benzene rings is 1. The van der Waals surface area contributed by atoms with Gasteiger partial charge in [-0.05, 0) is 17.7 Å². The van der Waals surface area contributed by atoms with Crippen molar-refractivity contribution >= 4 is 6.08 Å². The summed E-state index contributed by atoms with van der Waals surface area (Å²) in [6.45, 7) is 7.14. The predicted octanol–water partition coefficient (Wildman–Crippen LogP) is 2.86. The van der Waals surface area contributed by atoms with Crippen LogP contribution in [0.5, 0.6) is 11.5 Å². The van der Waals surface area contributed by atoms with Gasteiger partial charge in [-0.25, -0.2) is 0 Å². The van der Waals surface area contributed by atoms with E-state index in [2.05, 4.69) is 13.2 Å². The van der Waals surface area contributed by atoms with Gasteiger partial charge in [-0.15, -0.1) is 0 Å². The molecule has 2 nitrogen and oxygen atoms in total. The molecule has 0 N–H and O–H groups in total. The molecule has 1 aromatic carbocycles. The number of hydrogen-bond acceptors (Lipinski definition) is 2. The molecular weight excluding hydrogens is 164 g/mol. The fourth-order valence-corrected chi connectivity index (χ4v) is 0.998. The molecule has 2 heteroatoms. The molecule has 0 amide bonds. The Kier molecular flexibility index (Phi) is 3.15. The Morgan fingerprint density at radius 3 is 2.54 bits per heavy atom. The van der Waals surface area contributed by atoms with Crippen LogP contribution in [0, 0.1) is 0 Å². The summed E-state index contributed by atoms with van der Waals surface area (Å²) in [5, 5.41) is 0. The van der Waals surface area contributed by atoms with Crippen molar-refractivity contribution in [3.05, 3.63) is 43.2 Å². The zero-order chi connectivity index (χ0) is 9.68. The SMILES string of the molecule is C=COc1ccc(C=C)cc1OC. The van der Waals surface area contributed by atoms with Gasteiger partial charge in [-0.2, -0.15) is 0 Å². The van der Waals surface area contributed by atoms with Gasteiger partial charge < -0.3 is 9.47 Å². The summed E-state index contributed by atoms with van der Waals surface area (Å²) in [5.41, 5.74) is 0.994. The van der Waals surface area contributed by atoms with E-state index in [4.69, 9.17) is 9.47 Å². The molecule has 0 heterocycles. The van der Waals surface area contributed by atoms with Gasteiger partial charge in [0.15, 0.2) is 11.5 Å². The molecule has 68 valence electrons. The molecule has 0 fully saturated rings. The van der Waals surface area contributed by atoms with Gasteiger partial charge in [0.1, 0.15) is 0 Å². The van der Waals surface area contributed by atoms with Crippen LogP contribution in [0.4, 0.5) is 0 Å². The summed E-state index contributed by atoms with van der Waals surface area (Å²) in [6, 6.07) is 5.57. The first-order valence-corrected chi connectivity index (χ1v) is 3.90. The first kappa shape index (κ1) is 9.39. The lowest BCUT2D eigenvalue weighted by Gasteiger charge is -2.07. The summed E-state index contributed by atoms with van der Waals surface area (Å²) in [6.07, 6.45) is 3.12. The minimum absolute atomic E-state index is 0.656. The average molecular weight is 176 g/mol.